The predicted octanol–water partition coefficient (Wildman–Crippen LogP) is 4.97. The van der Waals surface area contributed by atoms with Crippen LogP contribution in [0.2, 0.25) is 10.3 Å². The molecule has 2 heterocycles. The number of aromatic nitrogens is 2. The van der Waals surface area contributed by atoms with E-state index in [2.05, 4.69) is 32.0 Å². The lowest BCUT2D eigenvalue weighted by Crippen LogP contribution is -2.29. The van der Waals surface area contributed by atoms with Gasteiger partial charge in [0.05, 0.1) is 21.5 Å². The summed E-state index contributed by atoms with van der Waals surface area (Å²) in [6, 6.07) is 3.94. The van der Waals surface area contributed by atoms with Gasteiger partial charge in [-0.05, 0) is 46.4 Å². The van der Waals surface area contributed by atoms with Gasteiger partial charge in [0.25, 0.3) is 0 Å². The van der Waals surface area contributed by atoms with E-state index in [1.165, 1.54) is 0 Å². The second kappa shape index (κ2) is 6.76. The number of anilines is 1. The summed E-state index contributed by atoms with van der Waals surface area (Å²) >= 11 is 15.2. The smallest absolute Gasteiger partial charge is 0.225 e. The van der Waals surface area contributed by atoms with Gasteiger partial charge >= 0.3 is 0 Å². The van der Waals surface area contributed by atoms with Gasteiger partial charge in [-0.3, -0.25) is 0 Å². The zero-order valence-electron chi connectivity index (χ0n) is 12.0. The predicted molar refractivity (Wildman–Crippen MR) is 92.4 cm³/mol. The lowest BCUT2D eigenvalue weighted by Gasteiger charge is -2.24. The van der Waals surface area contributed by atoms with Gasteiger partial charge < -0.3 is 4.90 Å². The summed E-state index contributed by atoms with van der Waals surface area (Å²) in [6.07, 6.45) is 2.77. The Morgan fingerprint density at radius 3 is 2.87 bits per heavy atom. The Morgan fingerprint density at radius 1 is 1.35 bits per heavy atom. The molecule has 1 aliphatic rings. The summed E-state index contributed by atoms with van der Waals surface area (Å²) in [5, 5.41) is 9.96. The van der Waals surface area contributed by atoms with Crippen LogP contribution in [0, 0.1) is 23.1 Å². The standard InChI is InChI=1S/C15H12BrCl2FN4/c16-11-10(17)5-9-13(12(11)19)21-15(18)22-14(9)23-4-2-1-3-8(6-20)7-23/h5,8H,1-4,7H2. The van der Waals surface area contributed by atoms with Crippen LogP contribution in [0.5, 0.6) is 0 Å². The van der Waals surface area contributed by atoms with Crippen LogP contribution in [-0.2, 0) is 0 Å². The Bertz CT molecular complexity index is 808. The molecule has 1 atom stereocenters. The fourth-order valence-corrected chi connectivity index (χ4v) is 3.47. The largest absolute Gasteiger partial charge is 0.355 e. The van der Waals surface area contributed by atoms with Crippen LogP contribution < -0.4 is 4.90 Å². The summed E-state index contributed by atoms with van der Waals surface area (Å²) in [5.74, 6) is -0.128. The van der Waals surface area contributed by atoms with Gasteiger partial charge in [0.15, 0.2) is 5.82 Å². The van der Waals surface area contributed by atoms with E-state index in [0.29, 0.717) is 17.7 Å². The third-order valence-corrected chi connectivity index (χ3v) is 5.40. The highest BCUT2D eigenvalue weighted by atomic mass is 79.9. The Balaban J connectivity index is 2.18. The van der Waals surface area contributed by atoms with Crippen molar-refractivity contribution < 1.29 is 4.39 Å². The maximum absolute atomic E-state index is 14.5. The molecule has 1 saturated heterocycles. The average molecular weight is 418 g/mol. The number of nitriles is 1. The van der Waals surface area contributed by atoms with Crippen molar-refractivity contribution in [2.24, 2.45) is 5.92 Å². The second-order valence-electron chi connectivity index (χ2n) is 5.47. The van der Waals surface area contributed by atoms with E-state index >= 15 is 0 Å². The molecule has 1 fully saturated rings. The minimum atomic E-state index is -0.565. The van der Waals surface area contributed by atoms with Gasteiger partial charge in [0.2, 0.25) is 5.28 Å². The minimum Gasteiger partial charge on any atom is -0.355 e. The van der Waals surface area contributed by atoms with Crippen LogP contribution in [0.1, 0.15) is 19.3 Å². The number of nitrogens with zero attached hydrogens (tertiary/aromatic N) is 4. The SMILES string of the molecule is N#CC1CCCCN(c2nc(Cl)nc3c(F)c(Br)c(Cl)cc23)C1. The highest BCUT2D eigenvalue weighted by Crippen LogP contribution is 2.36. The summed E-state index contributed by atoms with van der Waals surface area (Å²) in [4.78, 5) is 10.2. The number of hydrogen-bond acceptors (Lipinski definition) is 4. The molecule has 4 nitrogen and oxygen atoms in total. The van der Waals surface area contributed by atoms with Crippen molar-refractivity contribution in [1.29, 1.82) is 5.26 Å². The first-order chi connectivity index (χ1) is 11.0. The number of halogens is 4. The van der Waals surface area contributed by atoms with Gasteiger partial charge in [0, 0.05) is 18.5 Å². The number of fused-ring (bicyclic) bond motifs is 1. The monoisotopic (exact) mass is 416 g/mol. The molecule has 0 bridgehead atoms. The summed E-state index contributed by atoms with van der Waals surface area (Å²) in [5.41, 5.74) is 0.119. The van der Waals surface area contributed by atoms with E-state index in [1.807, 2.05) is 4.90 Å². The van der Waals surface area contributed by atoms with Gasteiger partial charge in [-0.15, -0.1) is 0 Å². The molecule has 1 unspecified atom stereocenters. The zero-order valence-corrected chi connectivity index (χ0v) is 15.1. The van der Waals surface area contributed by atoms with E-state index in [0.717, 1.165) is 25.8 Å². The highest BCUT2D eigenvalue weighted by molar-refractivity contribution is 9.10. The van der Waals surface area contributed by atoms with Crippen LogP contribution in [-0.4, -0.2) is 23.1 Å². The average Bonchev–Trinajstić information content (AvgIpc) is 2.78. The van der Waals surface area contributed by atoms with Crippen molar-refractivity contribution in [3.63, 3.8) is 0 Å². The van der Waals surface area contributed by atoms with Gasteiger partial charge in [0.1, 0.15) is 11.3 Å². The lowest BCUT2D eigenvalue weighted by atomic mass is 10.1. The molecule has 2 aromatic rings. The molecule has 8 heteroatoms. The van der Waals surface area contributed by atoms with Crippen molar-refractivity contribution in [2.45, 2.75) is 19.3 Å². The molecule has 3 rings (SSSR count). The number of hydrogen-bond donors (Lipinski definition) is 0. The molecule has 0 amide bonds. The molecule has 120 valence electrons. The molecule has 0 radical (unpaired) electrons. The van der Waals surface area contributed by atoms with Crippen molar-refractivity contribution >= 4 is 55.9 Å². The lowest BCUT2D eigenvalue weighted by molar-refractivity contribution is 0.611. The van der Waals surface area contributed by atoms with Crippen LogP contribution >= 0.6 is 39.1 Å². The highest BCUT2D eigenvalue weighted by Gasteiger charge is 2.23. The molecular formula is C15H12BrCl2FN4. The van der Waals surface area contributed by atoms with E-state index in [-0.39, 0.29) is 26.2 Å². The van der Waals surface area contributed by atoms with Crippen LogP contribution in [0.25, 0.3) is 10.9 Å². The van der Waals surface area contributed by atoms with Gasteiger partial charge in [-0.1, -0.05) is 18.0 Å². The first-order valence-electron chi connectivity index (χ1n) is 7.16. The molecule has 0 spiro atoms. The van der Waals surface area contributed by atoms with E-state index < -0.39 is 5.82 Å². The molecule has 1 aliphatic heterocycles. The molecule has 1 aromatic heterocycles. The quantitative estimate of drug-likeness (QED) is 0.485. The van der Waals surface area contributed by atoms with Gasteiger partial charge in [-0.25, -0.2) is 9.37 Å². The van der Waals surface area contributed by atoms with Crippen LogP contribution in [0.4, 0.5) is 10.2 Å². The fourth-order valence-electron chi connectivity index (χ4n) is 2.81. The third-order valence-electron chi connectivity index (χ3n) is 3.93. The third kappa shape index (κ3) is 3.23. The van der Waals surface area contributed by atoms with Crippen molar-refractivity contribution in [3.8, 4) is 6.07 Å². The second-order valence-corrected chi connectivity index (χ2v) is 7.00. The first-order valence-corrected chi connectivity index (χ1v) is 8.71. The molecule has 0 aliphatic carbocycles. The van der Waals surface area contributed by atoms with Gasteiger partial charge in [-0.2, -0.15) is 10.2 Å². The fraction of sp³-hybridized carbons (Fsp3) is 0.400. The zero-order chi connectivity index (χ0) is 16.6. The number of rotatable bonds is 1. The first kappa shape index (κ1) is 16.7. The van der Waals surface area contributed by atoms with Crippen LogP contribution in [0.3, 0.4) is 0 Å². The maximum atomic E-state index is 14.5. The summed E-state index contributed by atoms with van der Waals surface area (Å²) < 4.78 is 14.6. The van der Waals surface area contributed by atoms with E-state index in [9.17, 15) is 9.65 Å². The normalized spacial score (nSPS) is 18.7. The van der Waals surface area contributed by atoms with Crippen molar-refractivity contribution in [3.05, 3.63) is 26.7 Å². The maximum Gasteiger partial charge on any atom is 0.225 e. The Kier molecular flexibility index (Phi) is 4.90. The molecular weight excluding hydrogens is 406 g/mol. The molecule has 23 heavy (non-hydrogen) atoms. The summed E-state index contributed by atoms with van der Waals surface area (Å²) in [6.45, 7) is 1.27. The molecule has 0 saturated carbocycles. The number of benzene rings is 1. The summed E-state index contributed by atoms with van der Waals surface area (Å²) in [7, 11) is 0. The van der Waals surface area contributed by atoms with E-state index in [4.69, 9.17) is 23.2 Å². The Hall–Kier alpha value is -1.16. The van der Waals surface area contributed by atoms with E-state index in [1.54, 1.807) is 6.07 Å². The minimum absolute atomic E-state index is 0.0293. The van der Waals surface area contributed by atoms with Crippen molar-refractivity contribution in [2.75, 3.05) is 18.0 Å². The molecule has 0 N–H and O–H groups in total. The molecule has 1 aromatic carbocycles. The Morgan fingerprint density at radius 2 is 2.13 bits per heavy atom. The topological polar surface area (TPSA) is 52.8 Å². The van der Waals surface area contributed by atoms with Crippen molar-refractivity contribution in [1.82, 2.24) is 9.97 Å². The Labute approximate surface area is 151 Å². The van der Waals surface area contributed by atoms with Crippen LogP contribution in [0.15, 0.2) is 10.5 Å².